The molecule has 4 rings (SSSR count). The first kappa shape index (κ1) is 10.9. The van der Waals surface area contributed by atoms with Crippen LogP contribution in [0.25, 0.3) is 0 Å². The highest BCUT2D eigenvalue weighted by molar-refractivity contribution is 7.71. The van der Waals surface area contributed by atoms with E-state index in [4.69, 9.17) is 12.2 Å². The zero-order chi connectivity index (χ0) is 12.1. The maximum absolute atomic E-state index is 5.45. The van der Waals surface area contributed by atoms with E-state index < -0.39 is 0 Å². The first-order valence-electron chi connectivity index (χ1n) is 6.57. The second-order valence-corrected chi connectivity index (χ2v) is 6.63. The van der Waals surface area contributed by atoms with Gasteiger partial charge in [-0.25, -0.2) is 0 Å². The number of aryl methyl sites for hydroxylation is 1. The van der Waals surface area contributed by atoms with Gasteiger partial charge in [-0.3, -0.25) is 9.67 Å². The Morgan fingerprint density at radius 3 is 3.11 bits per heavy atom. The van der Waals surface area contributed by atoms with E-state index in [-0.39, 0.29) is 0 Å². The number of nitrogens with one attached hydrogen (secondary N) is 1. The fourth-order valence-electron chi connectivity index (χ4n) is 2.98. The van der Waals surface area contributed by atoms with Crippen molar-refractivity contribution in [1.29, 1.82) is 0 Å². The molecular formula is C13H15N3S2. The fourth-order valence-corrected chi connectivity index (χ4v) is 4.23. The molecule has 2 aromatic rings. The summed E-state index contributed by atoms with van der Waals surface area (Å²) in [5, 5.41) is 9.67. The van der Waals surface area contributed by atoms with Gasteiger partial charge in [0.15, 0.2) is 4.77 Å². The van der Waals surface area contributed by atoms with E-state index in [0.717, 1.165) is 4.77 Å². The summed E-state index contributed by atoms with van der Waals surface area (Å²) in [5.41, 5.74) is 1.48. The number of aromatic amines is 1. The van der Waals surface area contributed by atoms with Gasteiger partial charge in [-0.05, 0) is 61.3 Å². The van der Waals surface area contributed by atoms with E-state index >= 15 is 0 Å². The van der Waals surface area contributed by atoms with Gasteiger partial charge in [0.05, 0.1) is 6.04 Å². The molecule has 0 spiro atoms. The molecule has 18 heavy (non-hydrogen) atoms. The molecule has 1 unspecified atom stereocenters. The van der Waals surface area contributed by atoms with E-state index in [1.165, 1.54) is 48.4 Å². The summed E-state index contributed by atoms with van der Waals surface area (Å²) in [7, 11) is 0. The molecule has 2 aliphatic rings. The van der Waals surface area contributed by atoms with Crippen LogP contribution in [0, 0.1) is 4.77 Å². The van der Waals surface area contributed by atoms with E-state index in [9.17, 15) is 0 Å². The monoisotopic (exact) mass is 277 g/mol. The second kappa shape index (κ2) is 4.03. The maximum Gasteiger partial charge on any atom is 0.195 e. The molecule has 0 aliphatic heterocycles. The highest BCUT2D eigenvalue weighted by Gasteiger charge is 2.33. The summed E-state index contributed by atoms with van der Waals surface area (Å²) in [6, 6.07) is 2.69. The molecule has 1 saturated carbocycles. The lowest BCUT2D eigenvalue weighted by atomic mass is 9.93. The van der Waals surface area contributed by atoms with Crippen LogP contribution >= 0.6 is 23.6 Å². The Bertz CT molecular complexity index is 633. The third kappa shape index (κ3) is 1.61. The van der Waals surface area contributed by atoms with Crippen LogP contribution in [0.4, 0.5) is 0 Å². The first-order chi connectivity index (χ1) is 8.84. The summed E-state index contributed by atoms with van der Waals surface area (Å²) in [5.74, 6) is 1.83. The van der Waals surface area contributed by atoms with Gasteiger partial charge < -0.3 is 0 Å². The van der Waals surface area contributed by atoms with Crippen molar-refractivity contribution >= 4 is 23.6 Å². The highest BCUT2D eigenvalue weighted by atomic mass is 32.1. The number of thiophene rings is 1. The zero-order valence-electron chi connectivity index (χ0n) is 10.1. The number of nitrogens with zero attached hydrogens (tertiary/aromatic N) is 2. The largest absolute Gasteiger partial charge is 0.296 e. The van der Waals surface area contributed by atoms with Crippen LogP contribution in [0.1, 0.15) is 53.9 Å². The van der Waals surface area contributed by atoms with Gasteiger partial charge in [-0.15, -0.1) is 11.3 Å². The lowest BCUT2D eigenvalue weighted by Crippen LogP contribution is -2.17. The third-order valence-electron chi connectivity index (χ3n) is 4.01. The van der Waals surface area contributed by atoms with Crippen molar-refractivity contribution in [2.24, 2.45) is 0 Å². The molecule has 0 aromatic carbocycles. The molecule has 0 bridgehead atoms. The van der Waals surface area contributed by atoms with Crippen LogP contribution in [0.3, 0.4) is 0 Å². The van der Waals surface area contributed by atoms with Gasteiger partial charge in [0.2, 0.25) is 0 Å². The number of H-pyrrole nitrogens is 1. The Labute approximate surface area is 115 Å². The van der Waals surface area contributed by atoms with Crippen molar-refractivity contribution in [1.82, 2.24) is 14.8 Å². The number of hydrogen-bond acceptors (Lipinski definition) is 3. The molecule has 2 aliphatic carbocycles. The third-order valence-corrected chi connectivity index (χ3v) is 5.29. The molecular weight excluding hydrogens is 262 g/mol. The van der Waals surface area contributed by atoms with Crippen molar-refractivity contribution in [2.75, 3.05) is 0 Å². The molecule has 2 aromatic heterocycles. The molecule has 1 fully saturated rings. The average molecular weight is 277 g/mol. The van der Waals surface area contributed by atoms with Gasteiger partial charge >= 0.3 is 0 Å². The zero-order valence-corrected chi connectivity index (χ0v) is 11.7. The number of rotatable bonds is 2. The molecule has 5 heteroatoms. The van der Waals surface area contributed by atoms with E-state index in [1.807, 2.05) is 11.3 Å². The van der Waals surface area contributed by atoms with E-state index in [2.05, 4.69) is 26.2 Å². The molecule has 3 nitrogen and oxygen atoms in total. The van der Waals surface area contributed by atoms with Crippen LogP contribution in [-0.4, -0.2) is 14.8 Å². The Balaban J connectivity index is 1.85. The van der Waals surface area contributed by atoms with Gasteiger partial charge in [0, 0.05) is 10.8 Å². The van der Waals surface area contributed by atoms with Crippen LogP contribution in [0.5, 0.6) is 0 Å². The van der Waals surface area contributed by atoms with Gasteiger partial charge in [-0.2, -0.15) is 5.10 Å². The maximum atomic E-state index is 5.45. The highest BCUT2D eigenvalue weighted by Crippen LogP contribution is 2.43. The van der Waals surface area contributed by atoms with Gasteiger partial charge in [-0.1, -0.05) is 0 Å². The number of aromatic nitrogens is 3. The summed E-state index contributed by atoms with van der Waals surface area (Å²) >= 11 is 7.34. The van der Waals surface area contributed by atoms with Crippen molar-refractivity contribution in [3.05, 3.63) is 32.5 Å². The molecule has 0 radical (unpaired) electrons. The standard InChI is InChI=1S/C13H15N3S2/c17-13-15-14-12(8-4-5-8)16(13)10-2-1-3-11-9(10)6-7-18-11/h6-8,10H,1-5H2,(H,15,17). The van der Waals surface area contributed by atoms with Crippen molar-refractivity contribution in [3.8, 4) is 0 Å². The fraction of sp³-hybridized carbons (Fsp3) is 0.538. The Morgan fingerprint density at radius 1 is 1.39 bits per heavy atom. The van der Waals surface area contributed by atoms with E-state index in [1.54, 1.807) is 0 Å². The minimum absolute atomic E-state index is 0.418. The summed E-state index contributed by atoms with van der Waals surface area (Å²) in [6.45, 7) is 0. The molecule has 2 heterocycles. The van der Waals surface area contributed by atoms with Crippen LogP contribution in [0.2, 0.25) is 0 Å². The summed E-state index contributed by atoms with van der Waals surface area (Å²) in [4.78, 5) is 1.54. The predicted octanol–water partition coefficient (Wildman–Crippen LogP) is 3.81. The lowest BCUT2D eigenvalue weighted by molar-refractivity contribution is 0.475. The van der Waals surface area contributed by atoms with Crippen molar-refractivity contribution in [2.45, 2.75) is 44.1 Å². The smallest absolute Gasteiger partial charge is 0.195 e. The van der Waals surface area contributed by atoms with Crippen LogP contribution in [0.15, 0.2) is 11.4 Å². The molecule has 1 atom stereocenters. The second-order valence-electron chi connectivity index (χ2n) is 5.24. The molecule has 1 N–H and O–H groups in total. The Morgan fingerprint density at radius 2 is 2.28 bits per heavy atom. The topological polar surface area (TPSA) is 33.6 Å². The van der Waals surface area contributed by atoms with E-state index in [0.29, 0.717) is 12.0 Å². The summed E-state index contributed by atoms with van der Waals surface area (Å²) < 4.78 is 3.08. The molecule has 94 valence electrons. The number of hydrogen-bond donors (Lipinski definition) is 1. The van der Waals surface area contributed by atoms with Gasteiger partial charge in [0.25, 0.3) is 0 Å². The predicted molar refractivity (Wildman–Crippen MR) is 74.8 cm³/mol. The molecule has 0 saturated heterocycles. The van der Waals surface area contributed by atoms with Crippen molar-refractivity contribution < 1.29 is 0 Å². The Kier molecular flexibility index (Phi) is 2.45. The summed E-state index contributed by atoms with van der Waals surface area (Å²) in [6.07, 6.45) is 6.21. The van der Waals surface area contributed by atoms with Gasteiger partial charge in [0.1, 0.15) is 5.82 Å². The Hall–Kier alpha value is -0.940. The quantitative estimate of drug-likeness (QED) is 0.847. The van der Waals surface area contributed by atoms with Crippen LogP contribution < -0.4 is 0 Å². The minimum Gasteiger partial charge on any atom is -0.296 e. The first-order valence-corrected chi connectivity index (χ1v) is 7.86. The van der Waals surface area contributed by atoms with Crippen LogP contribution in [-0.2, 0) is 6.42 Å². The molecule has 0 amide bonds. The average Bonchev–Trinajstić information content (AvgIpc) is 2.98. The minimum atomic E-state index is 0.418. The van der Waals surface area contributed by atoms with Crippen molar-refractivity contribution in [3.63, 3.8) is 0 Å². The SMILES string of the molecule is S=c1[nH]nc(C2CC2)n1C1CCCc2sccc21. The lowest BCUT2D eigenvalue weighted by Gasteiger charge is -2.25. The normalized spacial score (nSPS) is 23.0. The number of fused-ring (bicyclic) bond motifs is 1.